The van der Waals surface area contributed by atoms with Crippen LogP contribution in [0.15, 0.2) is 6.33 Å². The molecule has 5 nitrogen and oxygen atoms in total. The Hall–Kier alpha value is -1.17. The Kier molecular flexibility index (Phi) is 3.18. The van der Waals surface area contributed by atoms with Crippen molar-refractivity contribution < 1.29 is 4.79 Å². The summed E-state index contributed by atoms with van der Waals surface area (Å²) in [4.78, 5) is 11.4. The van der Waals surface area contributed by atoms with Crippen molar-refractivity contribution in [2.45, 2.75) is 19.9 Å². The van der Waals surface area contributed by atoms with E-state index in [-0.39, 0.29) is 11.9 Å². The first-order chi connectivity index (χ1) is 6.16. The van der Waals surface area contributed by atoms with Crippen LogP contribution >= 0.6 is 12.2 Å². The first kappa shape index (κ1) is 9.91. The number of aromatic amines is 1. The lowest BCUT2D eigenvalue weighted by Gasteiger charge is -2.11. The lowest BCUT2D eigenvalue weighted by atomic mass is 10.3. The smallest absolute Gasteiger partial charge is 0.242 e. The zero-order valence-electron chi connectivity index (χ0n) is 7.57. The van der Waals surface area contributed by atoms with Gasteiger partial charge in [0.05, 0.1) is 0 Å². The molecule has 0 aliphatic rings. The topological polar surface area (TPSA) is 62.7 Å². The molecule has 0 saturated heterocycles. The summed E-state index contributed by atoms with van der Waals surface area (Å²) in [6.07, 6.45) is 1.52. The molecule has 72 valence electrons. The Labute approximate surface area is 81.2 Å². The molecule has 2 N–H and O–H groups in total. The second kappa shape index (κ2) is 4.18. The Morgan fingerprint density at radius 3 is 3.08 bits per heavy atom. The van der Waals surface area contributed by atoms with Crippen LogP contribution in [0.25, 0.3) is 0 Å². The van der Waals surface area contributed by atoms with Crippen LogP contribution in [-0.4, -0.2) is 27.2 Å². The fourth-order valence-corrected chi connectivity index (χ4v) is 1.24. The molecule has 1 heterocycles. The molecule has 0 spiro atoms. The number of carbonyl (C=O) groups excluding carboxylic acids is 1. The first-order valence-corrected chi connectivity index (χ1v) is 4.46. The van der Waals surface area contributed by atoms with Gasteiger partial charge in [-0.1, -0.05) is 0 Å². The van der Waals surface area contributed by atoms with Crippen LogP contribution in [0, 0.1) is 4.77 Å². The fourth-order valence-electron chi connectivity index (χ4n) is 0.981. The number of nitrogens with one attached hydrogen (secondary N) is 2. The standard InChI is InChI=1S/C7H12N4OS/c1-3-8-6(12)5(2)11-4-9-10-7(11)13/h4-5H,3H2,1-2H3,(H,8,12)(H,10,13). The van der Waals surface area contributed by atoms with Gasteiger partial charge in [-0.25, -0.2) is 0 Å². The summed E-state index contributed by atoms with van der Waals surface area (Å²) < 4.78 is 2.07. The maximum absolute atomic E-state index is 11.4. The minimum Gasteiger partial charge on any atom is -0.355 e. The molecule has 0 radical (unpaired) electrons. The molecule has 0 saturated carbocycles. The highest BCUT2D eigenvalue weighted by atomic mass is 32.1. The number of nitrogens with zero attached hydrogens (tertiary/aromatic N) is 2. The minimum absolute atomic E-state index is 0.0556. The SMILES string of the molecule is CCNC(=O)C(C)n1cn[nH]c1=S. The molecule has 6 heteroatoms. The number of likely N-dealkylation sites (N-methyl/N-ethyl adjacent to an activating group) is 1. The highest BCUT2D eigenvalue weighted by molar-refractivity contribution is 7.71. The second-order valence-corrected chi connectivity index (χ2v) is 3.03. The zero-order chi connectivity index (χ0) is 9.84. The molecule has 1 aromatic heterocycles. The van der Waals surface area contributed by atoms with E-state index < -0.39 is 0 Å². The molecule has 0 fully saturated rings. The van der Waals surface area contributed by atoms with Crippen LogP contribution in [0.4, 0.5) is 0 Å². The van der Waals surface area contributed by atoms with E-state index in [1.807, 2.05) is 6.92 Å². The molecule has 13 heavy (non-hydrogen) atoms. The summed E-state index contributed by atoms with van der Waals surface area (Å²) in [7, 11) is 0. The molecule has 1 aromatic rings. The number of amides is 1. The third kappa shape index (κ3) is 2.15. The van der Waals surface area contributed by atoms with Gasteiger partial charge in [0.2, 0.25) is 5.91 Å². The summed E-state index contributed by atoms with van der Waals surface area (Å²) in [6, 6.07) is -0.314. The van der Waals surface area contributed by atoms with Crippen molar-refractivity contribution in [3.63, 3.8) is 0 Å². The van der Waals surface area contributed by atoms with Gasteiger partial charge >= 0.3 is 0 Å². The van der Waals surface area contributed by atoms with Gasteiger partial charge in [-0.15, -0.1) is 0 Å². The summed E-state index contributed by atoms with van der Waals surface area (Å²) in [5, 5.41) is 9.05. The molecule has 0 aromatic carbocycles. The van der Waals surface area contributed by atoms with Crippen LogP contribution < -0.4 is 5.32 Å². The summed E-state index contributed by atoms with van der Waals surface area (Å²) in [6.45, 7) is 4.27. The van der Waals surface area contributed by atoms with Crippen molar-refractivity contribution in [1.29, 1.82) is 0 Å². The Morgan fingerprint density at radius 2 is 2.62 bits per heavy atom. The van der Waals surface area contributed by atoms with E-state index >= 15 is 0 Å². The maximum atomic E-state index is 11.4. The van der Waals surface area contributed by atoms with Crippen LogP contribution in [0.1, 0.15) is 19.9 Å². The van der Waals surface area contributed by atoms with E-state index in [1.54, 1.807) is 11.5 Å². The van der Waals surface area contributed by atoms with E-state index in [2.05, 4.69) is 15.5 Å². The van der Waals surface area contributed by atoms with Gasteiger partial charge in [-0.2, -0.15) is 5.10 Å². The third-order valence-corrected chi connectivity index (χ3v) is 2.03. The van der Waals surface area contributed by atoms with Crippen LogP contribution in [0.3, 0.4) is 0 Å². The molecule has 1 atom stereocenters. The quantitative estimate of drug-likeness (QED) is 0.704. The van der Waals surface area contributed by atoms with E-state index in [9.17, 15) is 4.79 Å². The van der Waals surface area contributed by atoms with Gasteiger partial charge in [0, 0.05) is 6.54 Å². The molecule has 1 amide bonds. The predicted octanol–water partition coefficient (Wildman–Crippen LogP) is 0.638. The summed E-state index contributed by atoms with van der Waals surface area (Å²) in [5.41, 5.74) is 0. The normalized spacial score (nSPS) is 12.5. The Bertz CT molecular complexity index is 342. The molecular formula is C7H12N4OS. The maximum Gasteiger partial charge on any atom is 0.242 e. The van der Waals surface area contributed by atoms with E-state index in [0.29, 0.717) is 11.3 Å². The van der Waals surface area contributed by atoms with Crippen LogP contribution in [0.2, 0.25) is 0 Å². The van der Waals surface area contributed by atoms with Crippen molar-refractivity contribution in [3.8, 4) is 0 Å². The third-order valence-electron chi connectivity index (χ3n) is 1.72. The van der Waals surface area contributed by atoms with Gasteiger partial charge in [0.15, 0.2) is 4.77 Å². The lowest BCUT2D eigenvalue weighted by Crippen LogP contribution is -2.30. The van der Waals surface area contributed by atoms with Crippen LogP contribution in [0.5, 0.6) is 0 Å². The fraction of sp³-hybridized carbons (Fsp3) is 0.571. The Balaban J connectivity index is 2.79. The second-order valence-electron chi connectivity index (χ2n) is 2.64. The number of H-pyrrole nitrogens is 1. The molecule has 0 aliphatic heterocycles. The number of carbonyl (C=O) groups is 1. The van der Waals surface area contributed by atoms with Gasteiger partial charge in [-0.3, -0.25) is 14.5 Å². The summed E-state index contributed by atoms with van der Waals surface area (Å²) >= 11 is 4.93. The number of aromatic nitrogens is 3. The zero-order valence-corrected chi connectivity index (χ0v) is 8.39. The van der Waals surface area contributed by atoms with Crippen molar-refractivity contribution in [2.24, 2.45) is 0 Å². The van der Waals surface area contributed by atoms with Crippen molar-refractivity contribution in [3.05, 3.63) is 11.1 Å². The highest BCUT2D eigenvalue weighted by Crippen LogP contribution is 2.04. The molecular weight excluding hydrogens is 188 g/mol. The monoisotopic (exact) mass is 200 g/mol. The molecule has 1 rings (SSSR count). The molecule has 0 bridgehead atoms. The Morgan fingerprint density at radius 1 is 1.92 bits per heavy atom. The van der Waals surface area contributed by atoms with Crippen LogP contribution in [-0.2, 0) is 4.79 Å². The van der Waals surface area contributed by atoms with Crippen molar-refractivity contribution >= 4 is 18.1 Å². The van der Waals surface area contributed by atoms with Crippen molar-refractivity contribution in [2.75, 3.05) is 6.54 Å². The predicted molar refractivity (Wildman–Crippen MR) is 50.8 cm³/mol. The lowest BCUT2D eigenvalue weighted by molar-refractivity contribution is -0.123. The highest BCUT2D eigenvalue weighted by Gasteiger charge is 2.13. The van der Waals surface area contributed by atoms with Gasteiger partial charge in [0.1, 0.15) is 12.4 Å². The van der Waals surface area contributed by atoms with Gasteiger partial charge in [0.25, 0.3) is 0 Å². The first-order valence-electron chi connectivity index (χ1n) is 4.06. The average molecular weight is 200 g/mol. The molecule has 0 aliphatic carbocycles. The molecule has 1 unspecified atom stereocenters. The minimum atomic E-state index is -0.314. The number of hydrogen-bond donors (Lipinski definition) is 2. The van der Waals surface area contributed by atoms with Gasteiger partial charge < -0.3 is 5.32 Å². The van der Waals surface area contributed by atoms with Crippen molar-refractivity contribution in [1.82, 2.24) is 20.1 Å². The largest absolute Gasteiger partial charge is 0.355 e. The number of hydrogen-bond acceptors (Lipinski definition) is 3. The summed E-state index contributed by atoms with van der Waals surface area (Å²) in [5.74, 6) is -0.0556. The van der Waals surface area contributed by atoms with Gasteiger partial charge in [-0.05, 0) is 26.1 Å². The average Bonchev–Trinajstić information content (AvgIpc) is 2.50. The number of rotatable bonds is 3. The van der Waals surface area contributed by atoms with E-state index in [0.717, 1.165) is 0 Å². The van der Waals surface area contributed by atoms with E-state index in [4.69, 9.17) is 12.2 Å². The van der Waals surface area contributed by atoms with E-state index in [1.165, 1.54) is 6.33 Å².